The molecule has 1 aliphatic carbocycles. The highest BCUT2D eigenvalue weighted by atomic mass is 35.5. The van der Waals surface area contributed by atoms with E-state index in [-0.39, 0.29) is 0 Å². The maximum Gasteiger partial charge on any atom is 0.146 e. The second kappa shape index (κ2) is 8.57. The smallest absolute Gasteiger partial charge is 0.146 e. The molecule has 7 rings (SSSR count). The largest absolute Gasteiger partial charge is 0.383 e. The molecule has 0 bridgehead atoms. The molecule has 0 radical (unpaired) electrons. The fourth-order valence-electron chi connectivity index (χ4n) is 5.72. The van der Waals surface area contributed by atoms with Gasteiger partial charge in [0.1, 0.15) is 17.8 Å². The van der Waals surface area contributed by atoms with Crippen LogP contribution in [0.1, 0.15) is 25.3 Å². The Balaban J connectivity index is 1.30. The second-order valence-corrected chi connectivity index (χ2v) is 10.5. The zero-order valence-corrected chi connectivity index (χ0v) is 20.7. The SMILES string of the molecule is Nc1ncnc2c1c(-c1cc3nc(-c4ccccc4)ccc3cc1Cl)cn2C1CC(CN2CCC2)C1. The summed E-state index contributed by atoms with van der Waals surface area (Å²) >= 11 is 6.86. The summed E-state index contributed by atoms with van der Waals surface area (Å²) in [6.45, 7) is 3.72. The third kappa shape index (κ3) is 3.64. The number of pyridine rings is 1. The van der Waals surface area contributed by atoms with Crippen molar-refractivity contribution in [2.45, 2.75) is 25.3 Å². The number of nitrogen functional groups attached to an aromatic ring is 1. The lowest BCUT2D eigenvalue weighted by Gasteiger charge is -2.42. The van der Waals surface area contributed by atoms with Crippen molar-refractivity contribution in [3.8, 4) is 22.4 Å². The van der Waals surface area contributed by atoms with E-state index in [1.807, 2.05) is 30.3 Å². The molecule has 0 atom stereocenters. The summed E-state index contributed by atoms with van der Waals surface area (Å²) in [6.07, 6.45) is 7.40. The van der Waals surface area contributed by atoms with Crippen LogP contribution in [-0.4, -0.2) is 44.1 Å². The lowest BCUT2D eigenvalue weighted by Crippen LogP contribution is -2.43. The standard InChI is InChI=1S/C29H27ClN6/c30-24-13-20-7-8-25(19-5-2-1-3-6-19)34-26(20)14-22(24)23-16-36(29-27(23)28(31)32-17-33-29)21-11-18(12-21)15-35-9-4-10-35/h1-3,5-8,13-14,16-18,21H,4,9-12,15H2,(H2,31,32,33). The van der Waals surface area contributed by atoms with Crippen LogP contribution < -0.4 is 5.73 Å². The van der Waals surface area contributed by atoms with Crippen LogP contribution in [0.25, 0.3) is 44.3 Å². The van der Waals surface area contributed by atoms with Gasteiger partial charge in [-0.25, -0.2) is 15.0 Å². The van der Waals surface area contributed by atoms with Gasteiger partial charge < -0.3 is 15.2 Å². The van der Waals surface area contributed by atoms with E-state index in [1.54, 1.807) is 6.33 Å². The van der Waals surface area contributed by atoms with E-state index >= 15 is 0 Å². The Labute approximate surface area is 214 Å². The predicted molar refractivity (Wildman–Crippen MR) is 146 cm³/mol. The normalized spacial score (nSPS) is 19.9. The van der Waals surface area contributed by atoms with Gasteiger partial charge in [-0.05, 0) is 56.5 Å². The Morgan fingerprint density at radius 3 is 2.58 bits per heavy atom. The molecule has 6 nitrogen and oxygen atoms in total. The van der Waals surface area contributed by atoms with Crippen molar-refractivity contribution in [3.63, 3.8) is 0 Å². The van der Waals surface area contributed by atoms with Crippen molar-refractivity contribution in [2.75, 3.05) is 25.4 Å². The van der Waals surface area contributed by atoms with Gasteiger partial charge in [0.2, 0.25) is 0 Å². The molecule has 0 amide bonds. The molecule has 5 aromatic rings. The van der Waals surface area contributed by atoms with Crippen LogP contribution in [0.5, 0.6) is 0 Å². The molecule has 7 heteroatoms. The van der Waals surface area contributed by atoms with Crippen molar-refractivity contribution < 1.29 is 0 Å². The van der Waals surface area contributed by atoms with Crippen molar-refractivity contribution >= 4 is 39.4 Å². The van der Waals surface area contributed by atoms with Crippen LogP contribution in [-0.2, 0) is 0 Å². The second-order valence-electron chi connectivity index (χ2n) is 10.1. The quantitative estimate of drug-likeness (QED) is 0.314. The van der Waals surface area contributed by atoms with Gasteiger partial charge in [-0.15, -0.1) is 0 Å². The van der Waals surface area contributed by atoms with Gasteiger partial charge in [0.15, 0.2) is 0 Å². The van der Waals surface area contributed by atoms with E-state index in [1.165, 1.54) is 26.1 Å². The highest BCUT2D eigenvalue weighted by molar-refractivity contribution is 6.34. The summed E-state index contributed by atoms with van der Waals surface area (Å²) in [5, 5.41) is 2.54. The van der Waals surface area contributed by atoms with Crippen LogP contribution in [0.4, 0.5) is 5.82 Å². The Bertz CT molecular complexity index is 1580. The van der Waals surface area contributed by atoms with E-state index in [4.69, 9.17) is 22.3 Å². The van der Waals surface area contributed by atoms with Gasteiger partial charge in [0.25, 0.3) is 0 Å². The Morgan fingerprint density at radius 1 is 0.972 bits per heavy atom. The summed E-state index contributed by atoms with van der Waals surface area (Å²) in [5.41, 5.74) is 12.1. The number of benzene rings is 2. The van der Waals surface area contributed by atoms with Gasteiger partial charge in [-0.2, -0.15) is 0 Å². The minimum absolute atomic E-state index is 0.420. The molecular formula is C29H27ClN6. The fourth-order valence-corrected chi connectivity index (χ4v) is 5.99. The van der Waals surface area contributed by atoms with Gasteiger partial charge in [-0.3, -0.25) is 0 Å². The number of halogens is 1. The highest BCUT2D eigenvalue weighted by Crippen LogP contribution is 2.45. The van der Waals surface area contributed by atoms with Gasteiger partial charge in [0, 0.05) is 45.9 Å². The monoisotopic (exact) mass is 494 g/mol. The molecular weight excluding hydrogens is 468 g/mol. The Hall–Kier alpha value is -3.48. The van der Waals surface area contributed by atoms with E-state index in [2.05, 4.69) is 49.9 Å². The summed E-state index contributed by atoms with van der Waals surface area (Å²) in [6, 6.07) is 18.8. The molecule has 1 saturated carbocycles. The van der Waals surface area contributed by atoms with E-state index in [9.17, 15) is 0 Å². The first kappa shape index (κ1) is 21.8. The van der Waals surface area contributed by atoms with Gasteiger partial charge in [0.05, 0.1) is 16.6 Å². The maximum absolute atomic E-state index is 6.86. The summed E-state index contributed by atoms with van der Waals surface area (Å²) in [5.74, 6) is 1.23. The number of anilines is 1. The zero-order valence-electron chi connectivity index (χ0n) is 19.9. The Kier molecular flexibility index (Phi) is 5.19. The highest BCUT2D eigenvalue weighted by Gasteiger charge is 2.34. The minimum Gasteiger partial charge on any atom is -0.383 e. The van der Waals surface area contributed by atoms with Crippen molar-refractivity contribution in [1.82, 2.24) is 24.4 Å². The first-order chi connectivity index (χ1) is 17.6. The number of hydrogen-bond acceptors (Lipinski definition) is 5. The number of rotatable bonds is 5. The van der Waals surface area contributed by atoms with Crippen LogP contribution in [0.2, 0.25) is 5.02 Å². The van der Waals surface area contributed by atoms with Crippen molar-refractivity contribution in [3.05, 3.63) is 72.1 Å². The number of aromatic nitrogens is 4. The summed E-state index contributed by atoms with van der Waals surface area (Å²) in [4.78, 5) is 16.5. The number of likely N-dealkylation sites (tertiary alicyclic amines) is 1. The number of nitrogens with zero attached hydrogens (tertiary/aromatic N) is 5. The summed E-state index contributed by atoms with van der Waals surface area (Å²) < 4.78 is 2.30. The lowest BCUT2D eigenvalue weighted by atomic mass is 9.79. The maximum atomic E-state index is 6.86. The Morgan fingerprint density at radius 2 is 1.81 bits per heavy atom. The minimum atomic E-state index is 0.420. The van der Waals surface area contributed by atoms with Gasteiger partial charge in [-0.1, -0.05) is 48.0 Å². The summed E-state index contributed by atoms with van der Waals surface area (Å²) in [7, 11) is 0. The molecule has 0 unspecified atom stereocenters. The van der Waals surface area contributed by atoms with E-state index in [0.29, 0.717) is 16.9 Å². The van der Waals surface area contributed by atoms with Crippen LogP contribution in [0.15, 0.2) is 67.1 Å². The van der Waals surface area contributed by atoms with Crippen molar-refractivity contribution in [2.24, 2.45) is 5.92 Å². The molecule has 3 aromatic heterocycles. The molecule has 2 N–H and O–H groups in total. The molecule has 36 heavy (non-hydrogen) atoms. The van der Waals surface area contributed by atoms with Gasteiger partial charge >= 0.3 is 0 Å². The topological polar surface area (TPSA) is 72.9 Å². The molecule has 1 aliphatic heterocycles. The van der Waals surface area contributed by atoms with E-state index in [0.717, 1.165) is 63.1 Å². The third-order valence-electron chi connectivity index (χ3n) is 7.85. The molecule has 180 valence electrons. The third-order valence-corrected chi connectivity index (χ3v) is 8.16. The first-order valence-electron chi connectivity index (χ1n) is 12.6. The average Bonchev–Trinajstić information content (AvgIpc) is 3.22. The zero-order chi connectivity index (χ0) is 24.2. The molecule has 1 saturated heterocycles. The molecule has 2 aromatic carbocycles. The van der Waals surface area contributed by atoms with Crippen LogP contribution in [0.3, 0.4) is 0 Å². The fraction of sp³-hybridized carbons (Fsp3) is 0.276. The van der Waals surface area contributed by atoms with Crippen LogP contribution in [0, 0.1) is 5.92 Å². The van der Waals surface area contributed by atoms with E-state index < -0.39 is 0 Å². The number of fused-ring (bicyclic) bond motifs is 2. The average molecular weight is 495 g/mol. The first-order valence-corrected chi connectivity index (χ1v) is 13.0. The molecule has 2 fully saturated rings. The van der Waals surface area contributed by atoms with Crippen molar-refractivity contribution in [1.29, 1.82) is 0 Å². The molecule has 0 spiro atoms. The van der Waals surface area contributed by atoms with Crippen LogP contribution >= 0.6 is 11.6 Å². The number of nitrogens with two attached hydrogens (primary N) is 1. The number of hydrogen-bond donors (Lipinski definition) is 1. The lowest BCUT2D eigenvalue weighted by molar-refractivity contribution is 0.0921. The predicted octanol–water partition coefficient (Wildman–Crippen LogP) is 6.21. The molecule has 4 heterocycles. The molecule has 2 aliphatic rings.